The number of hydrogen-bond donors (Lipinski definition) is 0. The van der Waals surface area contributed by atoms with Gasteiger partial charge in [-0.1, -0.05) is 6.08 Å². The van der Waals surface area contributed by atoms with Gasteiger partial charge in [-0.2, -0.15) is 0 Å². The lowest BCUT2D eigenvalue weighted by atomic mass is 9.94. The molecule has 0 aromatic carbocycles. The van der Waals surface area contributed by atoms with E-state index in [0.29, 0.717) is 12.2 Å². The van der Waals surface area contributed by atoms with E-state index in [1.165, 1.54) is 12.8 Å². The SMILES string of the molecule is O=C(Cc1ccsc1Br)C1=CCCCC1. The summed E-state index contributed by atoms with van der Waals surface area (Å²) in [4.78, 5) is 11.9. The Bertz CT molecular complexity index is 392. The predicted molar refractivity (Wildman–Crippen MR) is 67.3 cm³/mol. The largest absolute Gasteiger partial charge is 0.294 e. The average Bonchev–Trinajstić information content (AvgIpc) is 2.66. The standard InChI is InChI=1S/C12H13BrOS/c13-12-10(6-7-15-12)8-11(14)9-4-2-1-3-5-9/h4,6-7H,1-3,5,8H2. The summed E-state index contributed by atoms with van der Waals surface area (Å²) >= 11 is 5.10. The van der Waals surface area contributed by atoms with E-state index >= 15 is 0 Å². The topological polar surface area (TPSA) is 17.1 Å². The zero-order chi connectivity index (χ0) is 10.7. The summed E-state index contributed by atoms with van der Waals surface area (Å²) in [6.07, 6.45) is 7.12. The fourth-order valence-electron chi connectivity index (χ4n) is 1.82. The van der Waals surface area contributed by atoms with Crippen LogP contribution >= 0.6 is 27.3 Å². The van der Waals surface area contributed by atoms with Crippen LogP contribution in [0.2, 0.25) is 0 Å². The molecule has 0 unspecified atom stereocenters. The van der Waals surface area contributed by atoms with Gasteiger partial charge in [-0.15, -0.1) is 11.3 Å². The van der Waals surface area contributed by atoms with Crippen LogP contribution in [0.1, 0.15) is 31.2 Å². The quantitative estimate of drug-likeness (QED) is 0.816. The molecule has 0 radical (unpaired) electrons. The molecule has 0 fully saturated rings. The molecule has 1 aromatic heterocycles. The van der Waals surface area contributed by atoms with Crippen LogP contribution in [-0.2, 0) is 11.2 Å². The van der Waals surface area contributed by atoms with Gasteiger partial charge in [0.1, 0.15) is 0 Å². The summed E-state index contributed by atoms with van der Waals surface area (Å²) in [6, 6.07) is 2.02. The van der Waals surface area contributed by atoms with E-state index in [9.17, 15) is 4.79 Å². The number of Topliss-reactive ketones (excluding diaryl/α,β-unsaturated/α-hetero) is 1. The van der Waals surface area contributed by atoms with E-state index in [-0.39, 0.29) is 0 Å². The van der Waals surface area contributed by atoms with Gasteiger partial charge in [-0.3, -0.25) is 4.79 Å². The number of rotatable bonds is 3. The van der Waals surface area contributed by atoms with Crippen molar-refractivity contribution in [2.24, 2.45) is 0 Å². The molecule has 1 aromatic rings. The number of hydrogen-bond acceptors (Lipinski definition) is 2. The van der Waals surface area contributed by atoms with Gasteiger partial charge >= 0.3 is 0 Å². The van der Waals surface area contributed by atoms with Crippen molar-refractivity contribution < 1.29 is 4.79 Å². The van der Waals surface area contributed by atoms with Crippen molar-refractivity contribution in [3.8, 4) is 0 Å². The number of thiophene rings is 1. The fourth-order valence-corrected chi connectivity index (χ4v) is 3.06. The van der Waals surface area contributed by atoms with Crippen LogP contribution in [0.25, 0.3) is 0 Å². The monoisotopic (exact) mass is 284 g/mol. The summed E-state index contributed by atoms with van der Waals surface area (Å²) in [5.41, 5.74) is 2.16. The van der Waals surface area contributed by atoms with Crippen LogP contribution in [0, 0.1) is 0 Å². The van der Waals surface area contributed by atoms with Gasteiger partial charge in [0.25, 0.3) is 0 Å². The molecule has 0 saturated carbocycles. The van der Waals surface area contributed by atoms with Gasteiger partial charge in [0.05, 0.1) is 3.79 Å². The molecular weight excluding hydrogens is 272 g/mol. The minimum Gasteiger partial charge on any atom is -0.294 e. The van der Waals surface area contributed by atoms with E-state index in [0.717, 1.165) is 27.8 Å². The molecule has 0 spiro atoms. The van der Waals surface area contributed by atoms with Crippen LogP contribution in [-0.4, -0.2) is 5.78 Å². The van der Waals surface area contributed by atoms with Crippen molar-refractivity contribution in [3.05, 3.63) is 32.4 Å². The highest BCUT2D eigenvalue weighted by atomic mass is 79.9. The van der Waals surface area contributed by atoms with Crippen molar-refractivity contribution in [2.75, 3.05) is 0 Å². The number of carbonyl (C=O) groups excluding carboxylic acids is 1. The molecule has 1 heterocycles. The van der Waals surface area contributed by atoms with Crippen LogP contribution in [0.3, 0.4) is 0 Å². The fraction of sp³-hybridized carbons (Fsp3) is 0.417. The molecular formula is C12H13BrOS. The molecule has 2 rings (SSSR count). The average molecular weight is 285 g/mol. The molecule has 15 heavy (non-hydrogen) atoms. The summed E-state index contributed by atoms with van der Waals surface area (Å²) in [5.74, 6) is 0.300. The number of ketones is 1. The zero-order valence-electron chi connectivity index (χ0n) is 8.46. The van der Waals surface area contributed by atoms with Gasteiger partial charge in [0.2, 0.25) is 0 Å². The first-order chi connectivity index (χ1) is 7.27. The lowest BCUT2D eigenvalue weighted by molar-refractivity contribution is -0.115. The second kappa shape index (κ2) is 5.08. The first-order valence-corrected chi connectivity index (χ1v) is 6.89. The number of allylic oxidation sites excluding steroid dienone is 2. The Morgan fingerprint density at radius 1 is 1.47 bits per heavy atom. The molecule has 0 amide bonds. The Kier molecular flexibility index (Phi) is 3.76. The third-order valence-electron chi connectivity index (χ3n) is 2.69. The van der Waals surface area contributed by atoms with Gasteiger partial charge in [0.15, 0.2) is 5.78 Å². The molecule has 0 bridgehead atoms. The minimum absolute atomic E-state index is 0.300. The summed E-state index contributed by atoms with van der Waals surface area (Å²) in [5, 5.41) is 2.02. The Hall–Kier alpha value is -0.410. The molecule has 1 aliphatic carbocycles. The maximum absolute atomic E-state index is 11.9. The third-order valence-corrected chi connectivity index (χ3v) is 4.50. The first kappa shape index (κ1) is 11.1. The molecule has 0 atom stereocenters. The van der Waals surface area contributed by atoms with E-state index in [4.69, 9.17) is 0 Å². The highest BCUT2D eigenvalue weighted by Crippen LogP contribution is 2.26. The zero-order valence-corrected chi connectivity index (χ0v) is 10.9. The number of carbonyl (C=O) groups is 1. The normalized spacial score (nSPS) is 16.2. The minimum atomic E-state index is 0.300. The van der Waals surface area contributed by atoms with Gasteiger partial charge in [-0.25, -0.2) is 0 Å². The molecule has 3 heteroatoms. The molecule has 1 nitrogen and oxygen atoms in total. The Labute approximate surface area is 102 Å². The smallest absolute Gasteiger partial charge is 0.162 e. The summed E-state index contributed by atoms with van der Waals surface area (Å²) < 4.78 is 1.09. The van der Waals surface area contributed by atoms with E-state index in [1.807, 2.05) is 11.4 Å². The van der Waals surface area contributed by atoms with Gasteiger partial charge < -0.3 is 0 Å². The van der Waals surface area contributed by atoms with Gasteiger partial charge in [-0.05, 0) is 64.2 Å². The van der Waals surface area contributed by atoms with Crippen LogP contribution < -0.4 is 0 Å². The van der Waals surface area contributed by atoms with Crippen LogP contribution in [0.5, 0.6) is 0 Å². The number of halogens is 1. The lowest BCUT2D eigenvalue weighted by Crippen LogP contribution is -2.08. The van der Waals surface area contributed by atoms with Gasteiger partial charge in [0, 0.05) is 6.42 Å². The summed E-state index contributed by atoms with van der Waals surface area (Å²) in [6.45, 7) is 0. The third kappa shape index (κ3) is 2.79. The second-order valence-corrected chi connectivity index (χ2v) is 6.03. The van der Waals surface area contributed by atoms with E-state index in [1.54, 1.807) is 11.3 Å². The van der Waals surface area contributed by atoms with Crippen molar-refractivity contribution in [2.45, 2.75) is 32.1 Å². The van der Waals surface area contributed by atoms with Crippen LogP contribution in [0.15, 0.2) is 26.9 Å². The molecule has 0 saturated heterocycles. The molecule has 1 aliphatic rings. The van der Waals surface area contributed by atoms with Crippen molar-refractivity contribution in [1.29, 1.82) is 0 Å². The maximum Gasteiger partial charge on any atom is 0.162 e. The van der Waals surface area contributed by atoms with Crippen LogP contribution in [0.4, 0.5) is 0 Å². The first-order valence-electron chi connectivity index (χ1n) is 5.21. The van der Waals surface area contributed by atoms with Crippen molar-refractivity contribution in [3.63, 3.8) is 0 Å². The summed E-state index contributed by atoms with van der Waals surface area (Å²) in [7, 11) is 0. The van der Waals surface area contributed by atoms with Crippen molar-refractivity contribution in [1.82, 2.24) is 0 Å². The maximum atomic E-state index is 11.9. The lowest BCUT2D eigenvalue weighted by Gasteiger charge is -2.10. The van der Waals surface area contributed by atoms with E-state index < -0.39 is 0 Å². The Morgan fingerprint density at radius 3 is 2.93 bits per heavy atom. The van der Waals surface area contributed by atoms with Crippen molar-refractivity contribution >= 4 is 33.0 Å². The highest BCUT2D eigenvalue weighted by molar-refractivity contribution is 9.11. The Morgan fingerprint density at radius 2 is 2.33 bits per heavy atom. The highest BCUT2D eigenvalue weighted by Gasteiger charge is 2.14. The molecule has 80 valence electrons. The molecule has 0 N–H and O–H groups in total. The van der Waals surface area contributed by atoms with E-state index in [2.05, 4.69) is 22.0 Å². The predicted octanol–water partition coefficient (Wildman–Crippen LogP) is 4.12. The Balaban J connectivity index is 2.03. The second-order valence-electron chi connectivity index (χ2n) is 3.79. The molecule has 0 aliphatic heterocycles.